The summed E-state index contributed by atoms with van der Waals surface area (Å²) in [6, 6.07) is 101. The Morgan fingerprint density at radius 1 is 0.241 bits per heavy atom. The lowest BCUT2D eigenvalue weighted by Crippen LogP contribution is -2.28. The average Bonchev–Trinajstić information content (AvgIpc) is 4.21. The first-order valence-corrected chi connectivity index (χ1v) is 26.8. The molecule has 376 valence electrons. The van der Waals surface area contributed by atoms with E-state index in [-0.39, 0.29) is 5.75 Å². The van der Waals surface area contributed by atoms with Gasteiger partial charge >= 0.3 is 0 Å². The van der Waals surface area contributed by atoms with Crippen LogP contribution in [0, 0.1) is 6.92 Å². The Labute approximate surface area is 460 Å². The van der Waals surface area contributed by atoms with Crippen LogP contribution in [0.25, 0.3) is 44.5 Å². The van der Waals surface area contributed by atoms with Crippen LogP contribution in [0.3, 0.4) is 0 Å². The van der Waals surface area contributed by atoms with Crippen molar-refractivity contribution in [1.29, 1.82) is 0 Å². The van der Waals surface area contributed by atoms with Crippen molar-refractivity contribution in [3.63, 3.8) is 0 Å². The molecule has 0 fully saturated rings. The maximum Gasteiger partial charge on any atom is 0.127 e. The van der Waals surface area contributed by atoms with E-state index in [0.29, 0.717) is 0 Å². The number of aryl methyl sites for hydroxylation is 1. The molecule has 0 spiro atoms. The number of fused-ring (bicyclic) bond motifs is 6. The molecule has 0 saturated carbocycles. The molecule has 4 heteroatoms. The molecule has 0 heterocycles. The minimum Gasteiger partial charge on any atom is -0.508 e. The van der Waals surface area contributed by atoms with Crippen LogP contribution < -0.4 is 14.2 Å². The maximum absolute atomic E-state index is 10.3. The first-order chi connectivity index (χ1) is 38.9. The minimum absolute atomic E-state index is 0.243. The maximum atomic E-state index is 10.3. The molecule has 2 aliphatic rings. The van der Waals surface area contributed by atoms with Crippen LogP contribution in [0.15, 0.2) is 291 Å². The van der Waals surface area contributed by atoms with Crippen molar-refractivity contribution in [2.24, 2.45) is 0 Å². The number of aromatic hydroxyl groups is 1. The van der Waals surface area contributed by atoms with Crippen LogP contribution >= 0.6 is 0 Å². The molecule has 2 aliphatic carbocycles. The normalized spacial score (nSPS) is 13.1. The molecule has 12 aromatic carbocycles. The lowest BCUT2D eigenvalue weighted by Gasteiger charge is -2.34. The molecule has 0 atom stereocenters. The predicted octanol–water partition coefficient (Wildman–Crippen LogP) is 19.1. The van der Waals surface area contributed by atoms with Gasteiger partial charge < -0.3 is 19.3 Å². The number of phenolic OH excluding ortho intramolecular Hbond substituents is 1. The van der Waals surface area contributed by atoms with E-state index in [9.17, 15) is 5.11 Å². The lowest BCUT2D eigenvalue weighted by molar-refractivity contribution is 0.474. The average molecular weight is 1020 g/mol. The van der Waals surface area contributed by atoms with Gasteiger partial charge in [0.25, 0.3) is 0 Å². The summed E-state index contributed by atoms with van der Waals surface area (Å²) in [6.07, 6.45) is 0. The Morgan fingerprint density at radius 3 is 0.722 bits per heavy atom. The van der Waals surface area contributed by atoms with Crippen LogP contribution in [0.1, 0.15) is 50.1 Å². The van der Waals surface area contributed by atoms with Crippen molar-refractivity contribution in [3.8, 4) is 84.8 Å². The van der Waals surface area contributed by atoms with E-state index >= 15 is 0 Å². The van der Waals surface area contributed by atoms with E-state index in [2.05, 4.69) is 237 Å². The highest BCUT2D eigenvalue weighted by atomic mass is 16.5. The second-order valence-electron chi connectivity index (χ2n) is 20.5. The van der Waals surface area contributed by atoms with E-state index < -0.39 is 10.8 Å². The summed E-state index contributed by atoms with van der Waals surface area (Å²) in [5, 5.41) is 10.3. The molecular formula is C75H52O4. The zero-order valence-electron chi connectivity index (χ0n) is 43.4. The third-order valence-electron chi connectivity index (χ3n) is 16.1. The van der Waals surface area contributed by atoms with Gasteiger partial charge in [0.1, 0.15) is 40.2 Å². The van der Waals surface area contributed by atoms with Crippen molar-refractivity contribution in [2.75, 3.05) is 0 Å². The second kappa shape index (κ2) is 19.4. The van der Waals surface area contributed by atoms with Crippen LogP contribution in [0.2, 0.25) is 0 Å². The molecule has 0 bridgehead atoms. The molecule has 1 N–H and O–H groups in total. The van der Waals surface area contributed by atoms with Gasteiger partial charge in [-0.1, -0.05) is 212 Å². The summed E-state index contributed by atoms with van der Waals surface area (Å²) in [5.74, 6) is 4.82. The number of hydrogen-bond acceptors (Lipinski definition) is 4. The van der Waals surface area contributed by atoms with Crippen molar-refractivity contribution >= 4 is 0 Å². The molecule has 0 aliphatic heterocycles. The summed E-state index contributed by atoms with van der Waals surface area (Å²) >= 11 is 0. The fraction of sp³-hybridized carbons (Fsp3) is 0.0400. The lowest BCUT2D eigenvalue weighted by atomic mass is 9.68. The third-order valence-corrected chi connectivity index (χ3v) is 16.1. The SMILES string of the molecule is Cc1ccc(-c2ccc(Oc3ccc(C4(c5ccc(Oc6ccc(-c7ccc(Oc8ccc(C9(c%10ccc(O)cc%10)c%10ccccc%10-c%10ccccc%109)cc8)cc7)cc6)cc5)c5ccccc5-c5ccccc54)cc3)cc2)cc1. The Hall–Kier alpha value is -10.2. The van der Waals surface area contributed by atoms with E-state index in [1.54, 1.807) is 12.1 Å². The minimum atomic E-state index is -0.568. The quantitative estimate of drug-likeness (QED) is 0.132. The van der Waals surface area contributed by atoms with E-state index in [1.807, 2.05) is 48.5 Å². The smallest absolute Gasteiger partial charge is 0.127 e. The standard InChI is InChI=1S/C75H52O4/c1-50-18-20-51(21-19-50)52-22-38-60(39-23-52)77-64-46-32-57(33-47-64)75(72-16-8-4-12-68(72)69-13-5-9-17-73(69)75)58-34-48-65(49-35-58)79-62-42-26-54(27-43-62)53-24-40-61(41-25-53)78-63-44-30-56(31-45-63)74(55-28-36-59(76)37-29-55)70-14-6-2-10-66(70)67-11-3-7-15-71(67)74/h2-49,76H,1H3. The van der Waals surface area contributed by atoms with Gasteiger partial charge in [-0.05, 0) is 181 Å². The molecule has 0 unspecified atom stereocenters. The number of ether oxygens (including phenoxy) is 3. The molecule has 79 heavy (non-hydrogen) atoms. The highest BCUT2D eigenvalue weighted by Crippen LogP contribution is 2.58. The summed E-state index contributed by atoms with van der Waals surface area (Å²) in [5.41, 5.74) is 18.9. The molecule has 12 aromatic rings. The number of rotatable bonds is 12. The van der Waals surface area contributed by atoms with Crippen LogP contribution in [-0.4, -0.2) is 5.11 Å². The van der Waals surface area contributed by atoms with Crippen LogP contribution in [-0.2, 0) is 10.8 Å². The Kier molecular flexibility index (Phi) is 11.6. The second-order valence-corrected chi connectivity index (χ2v) is 20.5. The van der Waals surface area contributed by atoms with Crippen LogP contribution in [0.5, 0.6) is 40.2 Å². The highest BCUT2D eigenvalue weighted by Gasteiger charge is 2.47. The molecule has 14 rings (SSSR count). The Bertz CT molecular complexity index is 4070. The van der Waals surface area contributed by atoms with Gasteiger partial charge in [0.05, 0.1) is 10.8 Å². The first-order valence-electron chi connectivity index (χ1n) is 26.8. The molecule has 0 amide bonds. The van der Waals surface area contributed by atoms with Gasteiger partial charge in [0, 0.05) is 0 Å². The van der Waals surface area contributed by atoms with Crippen molar-refractivity contribution in [2.45, 2.75) is 17.8 Å². The van der Waals surface area contributed by atoms with Crippen LogP contribution in [0.4, 0.5) is 0 Å². The third kappa shape index (κ3) is 8.16. The zero-order valence-corrected chi connectivity index (χ0v) is 43.4. The fourth-order valence-corrected chi connectivity index (χ4v) is 12.4. The predicted molar refractivity (Wildman–Crippen MR) is 318 cm³/mol. The Morgan fingerprint density at radius 2 is 0.456 bits per heavy atom. The van der Waals surface area contributed by atoms with Gasteiger partial charge in [-0.15, -0.1) is 0 Å². The first kappa shape index (κ1) is 47.3. The Balaban J connectivity index is 0.683. The molecule has 0 aromatic heterocycles. The van der Waals surface area contributed by atoms with E-state index in [4.69, 9.17) is 14.2 Å². The van der Waals surface area contributed by atoms with Gasteiger partial charge in [0.2, 0.25) is 0 Å². The summed E-state index contributed by atoms with van der Waals surface area (Å²) in [6.45, 7) is 2.11. The highest BCUT2D eigenvalue weighted by molar-refractivity contribution is 5.88. The van der Waals surface area contributed by atoms with Gasteiger partial charge in [-0.25, -0.2) is 0 Å². The van der Waals surface area contributed by atoms with Gasteiger partial charge in [0.15, 0.2) is 0 Å². The summed E-state index contributed by atoms with van der Waals surface area (Å²) < 4.78 is 19.4. The summed E-state index contributed by atoms with van der Waals surface area (Å²) in [4.78, 5) is 0. The number of benzene rings is 12. The molecule has 4 nitrogen and oxygen atoms in total. The monoisotopic (exact) mass is 1020 g/mol. The van der Waals surface area contributed by atoms with Crippen molar-refractivity contribution in [3.05, 3.63) is 341 Å². The van der Waals surface area contributed by atoms with Gasteiger partial charge in [-0.2, -0.15) is 0 Å². The van der Waals surface area contributed by atoms with Crippen molar-refractivity contribution < 1.29 is 19.3 Å². The van der Waals surface area contributed by atoms with E-state index in [1.165, 1.54) is 55.6 Å². The molecular weight excluding hydrogens is 965 g/mol. The van der Waals surface area contributed by atoms with E-state index in [0.717, 1.165) is 73.4 Å². The topological polar surface area (TPSA) is 47.9 Å². The number of hydrogen-bond donors (Lipinski definition) is 1. The number of phenols is 1. The largest absolute Gasteiger partial charge is 0.508 e. The molecule has 0 radical (unpaired) electrons. The van der Waals surface area contributed by atoms with Crippen molar-refractivity contribution in [1.82, 2.24) is 0 Å². The zero-order chi connectivity index (χ0) is 52.9. The summed E-state index contributed by atoms with van der Waals surface area (Å²) in [7, 11) is 0. The molecule has 0 saturated heterocycles. The fourth-order valence-electron chi connectivity index (χ4n) is 12.4. The van der Waals surface area contributed by atoms with Gasteiger partial charge in [-0.3, -0.25) is 0 Å².